The van der Waals surface area contributed by atoms with Gasteiger partial charge in [0.2, 0.25) is 5.89 Å². The van der Waals surface area contributed by atoms with Crippen molar-refractivity contribution in [2.45, 2.75) is 44.2 Å². The van der Waals surface area contributed by atoms with Gasteiger partial charge in [0.1, 0.15) is 0 Å². The van der Waals surface area contributed by atoms with Gasteiger partial charge in [0.15, 0.2) is 17.5 Å². The van der Waals surface area contributed by atoms with Crippen molar-refractivity contribution in [1.29, 1.82) is 0 Å². The van der Waals surface area contributed by atoms with Crippen LogP contribution in [0, 0.1) is 18.6 Å². The molecule has 1 fully saturated rings. The minimum atomic E-state index is -0.967. The molecule has 0 bridgehead atoms. The third kappa shape index (κ3) is 3.25. The van der Waals surface area contributed by atoms with Gasteiger partial charge in [-0.25, -0.2) is 8.78 Å². The van der Waals surface area contributed by atoms with Crippen LogP contribution < -0.4 is 5.32 Å². The van der Waals surface area contributed by atoms with Crippen molar-refractivity contribution >= 4 is 0 Å². The van der Waals surface area contributed by atoms with E-state index in [9.17, 15) is 13.9 Å². The van der Waals surface area contributed by atoms with Gasteiger partial charge in [-0.3, -0.25) is 0 Å². The fraction of sp³-hybridized carbons (Fsp3) is 0.500. The second-order valence-electron chi connectivity index (χ2n) is 6.00. The van der Waals surface area contributed by atoms with E-state index in [4.69, 9.17) is 4.52 Å². The molecule has 1 aromatic carbocycles. The predicted octanol–water partition coefficient (Wildman–Crippen LogP) is 2.75. The van der Waals surface area contributed by atoms with E-state index in [1.165, 1.54) is 6.07 Å². The molecule has 1 atom stereocenters. The highest BCUT2D eigenvalue weighted by atomic mass is 19.2. The highest BCUT2D eigenvalue weighted by Crippen LogP contribution is 2.37. The zero-order chi connectivity index (χ0) is 16.4. The molecule has 1 heterocycles. The number of aliphatic hydroxyl groups is 1. The molecule has 0 radical (unpaired) electrons. The lowest BCUT2D eigenvalue weighted by atomic mass is 9.95. The van der Waals surface area contributed by atoms with E-state index in [2.05, 4.69) is 15.5 Å². The Morgan fingerprint density at radius 3 is 2.65 bits per heavy atom. The molecule has 1 aliphatic carbocycles. The number of aromatic nitrogens is 2. The van der Waals surface area contributed by atoms with Crippen LogP contribution in [-0.4, -0.2) is 21.8 Å². The molecule has 1 saturated carbocycles. The normalized spacial score (nSPS) is 18.3. The van der Waals surface area contributed by atoms with Crippen molar-refractivity contribution in [1.82, 2.24) is 15.5 Å². The average molecular weight is 323 g/mol. The number of benzene rings is 1. The molecule has 2 aromatic rings. The van der Waals surface area contributed by atoms with Crippen LogP contribution in [0.2, 0.25) is 0 Å². The summed E-state index contributed by atoms with van der Waals surface area (Å²) >= 11 is 0. The molecule has 0 amide bonds. The first-order valence-electron chi connectivity index (χ1n) is 7.69. The Balaban J connectivity index is 1.73. The molecule has 124 valence electrons. The average Bonchev–Trinajstić information content (AvgIpc) is 3.17. The number of rotatable bonds is 5. The van der Waals surface area contributed by atoms with Crippen LogP contribution >= 0.6 is 0 Å². The van der Waals surface area contributed by atoms with Crippen LogP contribution in [-0.2, 0) is 5.54 Å². The summed E-state index contributed by atoms with van der Waals surface area (Å²) in [6.45, 7) is 1.92. The lowest BCUT2D eigenvalue weighted by Crippen LogP contribution is -2.43. The zero-order valence-corrected chi connectivity index (χ0v) is 12.9. The molecular weight excluding hydrogens is 304 g/mol. The number of nitrogens with one attached hydrogen (secondary N) is 1. The van der Waals surface area contributed by atoms with Gasteiger partial charge in [0, 0.05) is 13.5 Å². The summed E-state index contributed by atoms with van der Waals surface area (Å²) in [6.07, 6.45) is 2.80. The summed E-state index contributed by atoms with van der Waals surface area (Å²) in [7, 11) is 0. The van der Waals surface area contributed by atoms with E-state index in [-0.39, 0.29) is 6.54 Å². The maximum absolute atomic E-state index is 13.3. The Morgan fingerprint density at radius 1 is 1.30 bits per heavy atom. The number of aliphatic hydroxyl groups excluding tert-OH is 1. The highest BCUT2D eigenvalue weighted by molar-refractivity contribution is 5.20. The Morgan fingerprint density at radius 2 is 2.04 bits per heavy atom. The van der Waals surface area contributed by atoms with E-state index in [1.54, 1.807) is 6.92 Å². The standard InChI is InChI=1S/C16H19F2N3O2/c1-10-20-15(21-23-10)16(6-2-3-7-16)19-9-14(22)11-4-5-12(17)13(18)8-11/h4-5,8,14,19,22H,2-3,6-7,9H2,1H3. The molecule has 3 rings (SSSR count). The quantitative estimate of drug-likeness (QED) is 0.885. The van der Waals surface area contributed by atoms with Gasteiger partial charge in [0.25, 0.3) is 0 Å². The zero-order valence-electron chi connectivity index (χ0n) is 12.9. The highest BCUT2D eigenvalue weighted by Gasteiger charge is 2.39. The van der Waals surface area contributed by atoms with Gasteiger partial charge < -0.3 is 14.9 Å². The summed E-state index contributed by atoms with van der Waals surface area (Å²) in [6, 6.07) is 3.41. The topological polar surface area (TPSA) is 71.2 Å². The Kier molecular flexibility index (Phi) is 4.41. The molecule has 5 nitrogen and oxygen atoms in total. The Bertz CT molecular complexity index is 684. The summed E-state index contributed by atoms with van der Waals surface area (Å²) < 4.78 is 31.3. The van der Waals surface area contributed by atoms with Crippen molar-refractivity contribution < 1.29 is 18.4 Å². The smallest absolute Gasteiger partial charge is 0.223 e. The van der Waals surface area contributed by atoms with E-state index in [0.717, 1.165) is 37.8 Å². The fourth-order valence-electron chi connectivity index (χ4n) is 3.08. The van der Waals surface area contributed by atoms with Gasteiger partial charge in [-0.2, -0.15) is 4.98 Å². The minimum Gasteiger partial charge on any atom is -0.387 e. The van der Waals surface area contributed by atoms with Gasteiger partial charge >= 0.3 is 0 Å². The lowest BCUT2D eigenvalue weighted by molar-refractivity contribution is 0.152. The van der Waals surface area contributed by atoms with Crippen LogP contribution in [0.4, 0.5) is 8.78 Å². The first-order valence-corrected chi connectivity index (χ1v) is 7.69. The van der Waals surface area contributed by atoms with E-state index in [1.807, 2.05) is 0 Å². The number of hydrogen-bond acceptors (Lipinski definition) is 5. The molecule has 0 aliphatic heterocycles. The predicted molar refractivity (Wildman–Crippen MR) is 78.5 cm³/mol. The van der Waals surface area contributed by atoms with Crippen LogP contribution in [0.1, 0.15) is 49.1 Å². The van der Waals surface area contributed by atoms with E-state index < -0.39 is 23.3 Å². The fourth-order valence-corrected chi connectivity index (χ4v) is 3.08. The molecule has 7 heteroatoms. The van der Waals surface area contributed by atoms with Crippen molar-refractivity contribution in [2.75, 3.05) is 6.54 Å². The molecule has 0 spiro atoms. The molecule has 1 aromatic heterocycles. The number of nitrogens with zero attached hydrogens (tertiary/aromatic N) is 2. The molecule has 2 N–H and O–H groups in total. The van der Waals surface area contributed by atoms with Crippen LogP contribution in [0.3, 0.4) is 0 Å². The second kappa shape index (κ2) is 6.33. The maximum atomic E-state index is 13.3. The Labute approximate surface area is 132 Å². The van der Waals surface area contributed by atoms with Crippen molar-refractivity contribution in [3.05, 3.63) is 47.1 Å². The third-order valence-electron chi connectivity index (χ3n) is 4.37. The van der Waals surface area contributed by atoms with Crippen LogP contribution in [0.25, 0.3) is 0 Å². The van der Waals surface area contributed by atoms with Crippen molar-refractivity contribution in [2.24, 2.45) is 0 Å². The molecule has 0 saturated heterocycles. The monoisotopic (exact) mass is 323 g/mol. The summed E-state index contributed by atoms with van der Waals surface area (Å²) in [5.41, 5.74) is -0.106. The van der Waals surface area contributed by atoms with Gasteiger partial charge in [-0.1, -0.05) is 24.1 Å². The lowest BCUT2D eigenvalue weighted by Gasteiger charge is -2.28. The van der Waals surface area contributed by atoms with Crippen LogP contribution in [0.15, 0.2) is 22.7 Å². The van der Waals surface area contributed by atoms with Crippen molar-refractivity contribution in [3.63, 3.8) is 0 Å². The number of hydrogen-bond donors (Lipinski definition) is 2. The minimum absolute atomic E-state index is 0.193. The third-order valence-corrected chi connectivity index (χ3v) is 4.37. The van der Waals surface area contributed by atoms with Gasteiger partial charge in [-0.05, 0) is 30.5 Å². The maximum Gasteiger partial charge on any atom is 0.223 e. The van der Waals surface area contributed by atoms with Crippen molar-refractivity contribution in [3.8, 4) is 0 Å². The summed E-state index contributed by atoms with van der Waals surface area (Å²) in [4.78, 5) is 4.31. The molecule has 23 heavy (non-hydrogen) atoms. The van der Waals surface area contributed by atoms with E-state index in [0.29, 0.717) is 17.3 Å². The Hall–Kier alpha value is -1.86. The largest absolute Gasteiger partial charge is 0.387 e. The molecule has 1 aliphatic rings. The second-order valence-corrected chi connectivity index (χ2v) is 6.00. The number of halogens is 2. The van der Waals surface area contributed by atoms with Crippen LogP contribution in [0.5, 0.6) is 0 Å². The first-order chi connectivity index (χ1) is 11.0. The number of aryl methyl sites for hydroxylation is 1. The van der Waals surface area contributed by atoms with Gasteiger partial charge in [0.05, 0.1) is 11.6 Å². The first kappa shape index (κ1) is 16.0. The van der Waals surface area contributed by atoms with E-state index >= 15 is 0 Å². The summed E-state index contributed by atoms with van der Waals surface area (Å²) in [5.74, 6) is -0.811. The summed E-state index contributed by atoms with van der Waals surface area (Å²) in [5, 5.41) is 17.6. The molecule has 1 unspecified atom stereocenters. The van der Waals surface area contributed by atoms with Gasteiger partial charge in [-0.15, -0.1) is 0 Å². The SMILES string of the molecule is Cc1nc(C2(NCC(O)c3ccc(F)c(F)c3)CCCC2)no1. The molecular formula is C16H19F2N3O2.